The SMILES string of the molecule is CC[C@H](OC(C)n1cnc2c(=O)[nH]c(N)nc21)C(C)OP(=O)(O)OC. The zero-order chi connectivity index (χ0) is 18.8. The number of aromatic amines is 1. The quantitative estimate of drug-likeness (QED) is 0.576. The molecule has 0 fully saturated rings. The van der Waals surface area contributed by atoms with Crippen LogP contribution in [0.15, 0.2) is 11.1 Å². The van der Waals surface area contributed by atoms with Crippen molar-refractivity contribution >= 4 is 24.9 Å². The van der Waals surface area contributed by atoms with Crippen LogP contribution in [0.4, 0.5) is 5.95 Å². The molecular weight excluding hydrogens is 353 g/mol. The van der Waals surface area contributed by atoms with Crippen molar-refractivity contribution in [2.45, 2.75) is 45.6 Å². The number of nitrogens with zero attached hydrogens (tertiary/aromatic N) is 3. The third-order valence-electron chi connectivity index (χ3n) is 3.67. The highest BCUT2D eigenvalue weighted by Crippen LogP contribution is 2.44. The number of phosphoric ester groups is 1. The molecule has 0 spiro atoms. The molecule has 2 aromatic heterocycles. The van der Waals surface area contributed by atoms with Gasteiger partial charge in [0.15, 0.2) is 11.2 Å². The van der Waals surface area contributed by atoms with Gasteiger partial charge in [-0.2, -0.15) is 4.98 Å². The van der Waals surface area contributed by atoms with E-state index < -0.39 is 31.8 Å². The molecule has 2 heterocycles. The minimum Gasteiger partial charge on any atom is -0.369 e. The van der Waals surface area contributed by atoms with Gasteiger partial charge in [0.2, 0.25) is 5.95 Å². The number of imidazole rings is 1. The summed E-state index contributed by atoms with van der Waals surface area (Å²) in [5.74, 6) is -0.0310. The van der Waals surface area contributed by atoms with Gasteiger partial charge >= 0.3 is 7.82 Å². The van der Waals surface area contributed by atoms with Crippen LogP contribution in [0.1, 0.15) is 33.4 Å². The molecule has 4 atom stereocenters. The van der Waals surface area contributed by atoms with E-state index in [1.165, 1.54) is 6.33 Å². The van der Waals surface area contributed by atoms with Gasteiger partial charge in [0.25, 0.3) is 5.56 Å². The number of fused-ring (bicyclic) bond motifs is 1. The largest absolute Gasteiger partial charge is 0.472 e. The highest BCUT2D eigenvalue weighted by molar-refractivity contribution is 7.47. The number of nitrogens with one attached hydrogen (secondary N) is 1. The van der Waals surface area contributed by atoms with E-state index in [0.29, 0.717) is 6.42 Å². The first kappa shape index (κ1) is 19.5. The predicted octanol–water partition coefficient (Wildman–Crippen LogP) is 1.17. The lowest BCUT2D eigenvalue weighted by molar-refractivity contribution is -0.0909. The van der Waals surface area contributed by atoms with Crippen LogP contribution < -0.4 is 11.3 Å². The van der Waals surface area contributed by atoms with Crippen LogP contribution in [0.2, 0.25) is 0 Å². The van der Waals surface area contributed by atoms with E-state index in [4.69, 9.17) is 15.0 Å². The van der Waals surface area contributed by atoms with Crippen LogP contribution in [-0.4, -0.2) is 43.7 Å². The third kappa shape index (κ3) is 4.44. The Bertz CT molecular complexity index is 836. The first-order valence-corrected chi connectivity index (χ1v) is 9.12. The van der Waals surface area contributed by atoms with Crippen molar-refractivity contribution in [1.29, 1.82) is 0 Å². The van der Waals surface area contributed by atoms with Gasteiger partial charge in [-0.15, -0.1) is 0 Å². The standard InChI is InChI=1S/C13H22N5O6P/c1-5-9(7(2)24-25(20,21)22-4)23-8(3)18-6-15-10-11(18)16-13(14)17-12(10)19/h6-9H,5H2,1-4H3,(H,20,21)(H3,14,16,17,19)/t7?,8?,9-/m0/s1. The van der Waals surface area contributed by atoms with Crippen molar-refractivity contribution in [2.75, 3.05) is 12.8 Å². The van der Waals surface area contributed by atoms with E-state index in [2.05, 4.69) is 19.5 Å². The van der Waals surface area contributed by atoms with Crippen LogP contribution in [0, 0.1) is 0 Å². The van der Waals surface area contributed by atoms with Crippen LogP contribution in [0.3, 0.4) is 0 Å². The lowest BCUT2D eigenvalue weighted by Gasteiger charge is -2.27. The normalized spacial score (nSPS) is 18.0. The summed E-state index contributed by atoms with van der Waals surface area (Å²) in [4.78, 5) is 31.7. The van der Waals surface area contributed by atoms with Crippen molar-refractivity contribution in [3.8, 4) is 0 Å². The number of hydrogen-bond donors (Lipinski definition) is 3. The fourth-order valence-electron chi connectivity index (χ4n) is 2.39. The van der Waals surface area contributed by atoms with E-state index >= 15 is 0 Å². The number of H-pyrrole nitrogens is 1. The van der Waals surface area contributed by atoms with E-state index in [-0.39, 0.29) is 17.1 Å². The topological polar surface area (TPSA) is 155 Å². The maximum Gasteiger partial charge on any atom is 0.472 e. The summed E-state index contributed by atoms with van der Waals surface area (Å²) in [6.45, 7) is 5.18. The molecule has 12 heteroatoms. The summed E-state index contributed by atoms with van der Waals surface area (Å²) in [5, 5.41) is 0. The smallest absolute Gasteiger partial charge is 0.369 e. The molecule has 0 aliphatic heterocycles. The van der Waals surface area contributed by atoms with Crippen LogP contribution in [0.5, 0.6) is 0 Å². The van der Waals surface area contributed by atoms with Crippen molar-refractivity contribution in [3.63, 3.8) is 0 Å². The summed E-state index contributed by atoms with van der Waals surface area (Å²) in [6, 6.07) is 0. The van der Waals surface area contributed by atoms with E-state index in [1.807, 2.05) is 6.92 Å². The first-order valence-electron chi connectivity index (χ1n) is 7.63. The summed E-state index contributed by atoms with van der Waals surface area (Å²) >= 11 is 0. The minimum absolute atomic E-state index is 0.0310. The number of anilines is 1. The van der Waals surface area contributed by atoms with Gasteiger partial charge in [0, 0.05) is 7.11 Å². The second-order valence-corrected chi connectivity index (χ2v) is 6.93. The Morgan fingerprint density at radius 2 is 2.16 bits per heavy atom. The van der Waals surface area contributed by atoms with Gasteiger partial charge in [-0.1, -0.05) is 6.92 Å². The molecule has 25 heavy (non-hydrogen) atoms. The minimum atomic E-state index is -4.13. The number of nitrogen functional groups attached to an aromatic ring is 1. The second-order valence-electron chi connectivity index (χ2n) is 5.42. The van der Waals surface area contributed by atoms with Crippen molar-refractivity contribution in [1.82, 2.24) is 19.5 Å². The van der Waals surface area contributed by atoms with Gasteiger partial charge in [-0.3, -0.25) is 23.4 Å². The van der Waals surface area contributed by atoms with E-state index in [9.17, 15) is 14.3 Å². The summed E-state index contributed by atoms with van der Waals surface area (Å²) in [7, 11) is -3.04. The Balaban J connectivity index is 2.21. The molecule has 0 aliphatic rings. The Morgan fingerprint density at radius 3 is 2.76 bits per heavy atom. The average Bonchev–Trinajstić information content (AvgIpc) is 2.96. The maximum absolute atomic E-state index is 11.8. The molecule has 0 radical (unpaired) electrons. The lowest BCUT2D eigenvalue weighted by atomic mass is 10.2. The predicted molar refractivity (Wildman–Crippen MR) is 89.8 cm³/mol. The number of hydrogen-bond acceptors (Lipinski definition) is 8. The first-order chi connectivity index (χ1) is 11.7. The van der Waals surface area contributed by atoms with Crippen molar-refractivity contribution in [3.05, 3.63) is 16.7 Å². The van der Waals surface area contributed by atoms with Gasteiger partial charge < -0.3 is 15.4 Å². The van der Waals surface area contributed by atoms with Gasteiger partial charge in [-0.25, -0.2) is 9.55 Å². The lowest BCUT2D eigenvalue weighted by Crippen LogP contribution is -2.30. The molecule has 4 N–H and O–H groups in total. The van der Waals surface area contributed by atoms with E-state index in [0.717, 1.165) is 7.11 Å². The molecule has 2 aromatic rings. The van der Waals surface area contributed by atoms with Gasteiger partial charge in [-0.05, 0) is 20.3 Å². The molecule has 140 valence electrons. The number of rotatable bonds is 8. The van der Waals surface area contributed by atoms with Crippen molar-refractivity contribution < 1.29 is 23.2 Å². The summed E-state index contributed by atoms with van der Waals surface area (Å²) in [6.07, 6.45) is 0.136. The Labute approximate surface area is 143 Å². The molecule has 0 aromatic carbocycles. The zero-order valence-corrected chi connectivity index (χ0v) is 15.3. The second kappa shape index (κ2) is 7.63. The third-order valence-corrected chi connectivity index (χ3v) is 4.73. The number of aromatic nitrogens is 4. The molecule has 11 nitrogen and oxygen atoms in total. The molecule has 0 saturated heterocycles. The molecule has 0 amide bonds. The summed E-state index contributed by atoms with van der Waals surface area (Å²) < 4.78 is 28.5. The molecule has 0 aliphatic carbocycles. The zero-order valence-electron chi connectivity index (χ0n) is 14.4. The van der Waals surface area contributed by atoms with Crippen LogP contribution >= 0.6 is 7.82 Å². The van der Waals surface area contributed by atoms with Crippen LogP contribution in [-0.2, 0) is 18.3 Å². The Kier molecular flexibility index (Phi) is 5.96. The fraction of sp³-hybridized carbons (Fsp3) is 0.615. The monoisotopic (exact) mass is 375 g/mol. The number of nitrogens with two attached hydrogens (primary N) is 1. The molecule has 0 saturated carbocycles. The highest BCUT2D eigenvalue weighted by atomic mass is 31.2. The molecular formula is C13H22N5O6P. The maximum atomic E-state index is 11.8. The Hall–Kier alpha value is -1.78. The molecule has 2 rings (SSSR count). The Morgan fingerprint density at radius 1 is 1.48 bits per heavy atom. The molecule has 0 bridgehead atoms. The van der Waals surface area contributed by atoms with Gasteiger partial charge in [0.1, 0.15) is 6.23 Å². The number of phosphoric acid groups is 1. The fourth-order valence-corrected chi connectivity index (χ4v) is 3.03. The average molecular weight is 375 g/mol. The highest BCUT2D eigenvalue weighted by Gasteiger charge is 2.29. The number of ether oxygens (including phenoxy) is 1. The van der Waals surface area contributed by atoms with Crippen LogP contribution in [0.25, 0.3) is 11.2 Å². The molecule has 3 unspecified atom stereocenters. The summed E-state index contributed by atoms with van der Waals surface area (Å²) in [5.41, 5.74) is 5.55. The van der Waals surface area contributed by atoms with E-state index in [1.54, 1.807) is 18.4 Å². The van der Waals surface area contributed by atoms with Crippen molar-refractivity contribution in [2.24, 2.45) is 0 Å². The van der Waals surface area contributed by atoms with Gasteiger partial charge in [0.05, 0.1) is 18.5 Å².